The van der Waals surface area contributed by atoms with Crippen molar-refractivity contribution in [2.24, 2.45) is 0 Å². The number of hydrogen-bond acceptors (Lipinski definition) is 2. The molecule has 0 atom stereocenters. The van der Waals surface area contributed by atoms with Gasteiger partial charge in [-0.1, -0.05) is 6.07 Å². The van der Waals surface area contributed by atoms with E-state index in [0.29, 0.717) is 5.56 Å². The molecule has 1 heterocycles. The molecule has 1 aromatic heterocycles. The first kappa shape index (κ1) is 8.71. The lowest BCUT2D eigenvalue weighted by Crippen LogP contribution is -1.86. The van der Waals surface area contributed by atoms with Gasteiger partial charge in [-0.25, -0.2) is 0 Å². The standard InChI is InChI=1S/C12H10N2/c1-8-3-9(2)11-5-10(6-13)7-14-12(11)4-8/h3-5,7H,1-2H3. The summed E-state index contributed by atoms with van der Waals surface area (Å²) in [4.78, 5) is 4.25. The second-order valence-corrected chi connectivity index (χ2v) is 3.48. The van der Waals surface area contributed by atoms with E-state index in [1.807, 2.05) is 26.0 Å². The third kappa shape index (κ3) is 1.33. The number of aromatic nitrogens is 1. The average Bonchev–Trinajstić information content (AvgIpc) is 2.17. The molecule has 0 saturated heterocycles. The summed E-state index contributed by atoms with van der Waals surface area (Å²) < 4.78 is 0. The topological polar surface area (TPSA) is 36.7 Å². The fraction of sp³-hybridized carbons (Fsp3) is 0.167. The predicted octanol–water partition coefficient (Wildman–Crippen LogP) is 2.72. The monoisotopic (exact) mass is 182 g/mol. The van der Waals surface area contributed by atoms with E-state index < -0.39 is 0 Å². The zero-order chi connectivity index (χ0) is 10.1. The van der Waals surface area contributed by atoms with E-state index in [2.05, 4.69) is 17.1 Å². The maximum Gasteiger partial charge on any atom is 0.101 e. The summed E-state index contributed by atoms with van der Waals surface area (Å²) in [5.74, 6) is 0. The fourth-order valence-electron chi connectivity index (χ4n) is 1.64. The minimum atomic E-state index is 0.615. The lowest BCUT2D eigenvalue weighted by atomic mass is 10.1. The van der Waals surface area contributed by atoms with Gasteiger partial charge in [-0.15, -0.1) is 0 Å². The number of benzene rings is 1. The van der Waals surface area contributed by atoms with E-state index in [-0.39, 0.29) is 0 Å². The van der Waals surface area contributed by atoms with E-state index in [0.717, 1.165) is 10.9 Å². The molecule has 2 rings (SSSR count). The largest absolute Gasteiger partial charge is 0.255 e. The summed E-state index contributed by atoms with van der Waals surface area (Å²) in [5, 5.41) is 9.82. The van der Waals surface area contributed by atoms with Crippen LogP contribution in [0, 0.1) is 25.2 Å². The van der Waals surface area contributed by atoms with Crippen LogP contribution >= 0.6 is 0 Å². The first-order valence-corrected chi connectivity index (χ1v) is 4.48. The summed E-state index contributed by atoms with van der Waals surface area (Å²) >= 11 is 0. The third-order valence-electron chi connectivity index (χ3n) is 2.28. The molecular weight excluding hydrogens is 172 g/mol. The molecule has 0 aliphatic rings. The number of rotatable bonds is 0. The molecule has 2 heteroatoms. The summed E-state index contributed by atoms with van der Waals surface area (Å²) in [5.41, 5.74) is 3.95. The molecule has 0 unspecified atom stereocenters. The highest BCUT2D eigenvalue weighted by molar-refractivity contribution is 5.83. The van der Waals surface area contributed by atoms with Crippen molar-refractivity contribution >= 4 is 10.9 Å². The Bertz CT molecular complexity index is 536. The lowest BCUT2D eigenvalue weighted by Gasteiger charge is -2.03. The molecule has 0 amide bonds. The minimum Gasteiger partial charge on any atom is -0.255 e. The molecule has 68 valence electrons. The van der Waals surface area contributed by atoms with Crippen LogP contribution < -0.4 is 0 Å². The van der Waals surface area contributed by atoms with E-state index in [1.165, 1.54) is 11.1 Å². The molecule has 1 aromatic carbocycles. The van der Waals surface area contributed by atoms with Gasteiger partial charge in [0, 0.05) is 11.6 Å². The van der Waals surface area contributed by atoms with Crippen LogP contribution in [0.3, 0.4) is 0 Å². The van der Waals surface area contributed by atoms with Crippen molar-refractivity contribution in [2.45, 2.75) is 13.8 Å². The van der Waals surface area contributed by atoms with Crippen molar-refractivity contribution in [2.75, 3.05) is 0 Å². The third-order valence-corrected chi connectivity index (χ3v) is 2.28. The molecule has 0 N–H and O–H groups in total. The number of nitrogens with zero attached hydrogens (tertiary/aromatic N) is 2. The van der Waals surface area contributed by atoms with E-state index in [1.54, 1.807) is 6.20 Å². The quantitative estimate of drug-likeness (QED) is 0.628. The number of hydrogen-bond donors (Lipinski definition) is 0. The van der Waals surface area contributed by atoms with Gasteiger partial charge in [-0.05, 0) is 37.1 Å². The van der Waals surface area contributed by atoms with Gasteiger partial charge in [0.2, 0.25) is 0 Å². The summed E-state index contributed by atoms with van der Waals surface area (Å²) in [6.45, 7) is 4.09. The van der Waals surface area contributed by atoms with E-state index >= 15 is 0 Å². The zero-order valence-corrected chi connectivity index (χ0v) is 8.20. The highest BCUT2D eigenvalue weighted by Gasteiger charge is 2.01. The molecule has 0 fully saturated rings. The molecule has 14 heavy (non-hydrogen) atoms. The average molecular weight is 182 g/mol. The van der Waals surface area contributed by atoms with Crippen LogP contribution in [-0.4, -0.2) is 4.98 Å². The van der Waals surface area contributed by atoms with Crippen LogP contribution in [0.1, 0.15) is 16.7 Å². The van der Waals surface area contributed by atoms with Crippen molar-refractivity contribution < 1.29 is 0 Å². The minimum absolute atomic E-state index is 0.615. The smallest absolute Gasteiger partial charge is 0.101 e. The Kier molecular flexibility index (Phi) is 1.94. The van der Waals surface area contributed by atoms with Gasteiger partial charge in [0.25, 0.3) is 0 Å². The molecule has 0 aliphatic carbocycles. The molecule has 0 radical (unpaired) electrons. The van der Waals surface area contributed by atoms with Crippen molar-refractivity contribution in [1.29, 1.82) is 5.26 Å². The number of nitriles is 1. The van der Waals surface area contributed by atoms with Gasteiger partial charge in [0.15, 0.2) is 0 Å². The first-order chi connectivity index (χ1) is 6.70. The number of pyridine rings is 1. The zero-order valence-electron chi connectivity index (χ0n) is 8.20. The second-order valence-electron chi connectivity index (χ2n) is 3.48. The highest BCUT2D eigenvalue weighted by atomic mass is 14.6. The van der Waals surface area contributed by atoms with Crippen molar-refractivity contribution in [3.63, 3.8) is 0 Å². The predicted molar refractivity (Wildman–Crippen MR) is 55.9 cm³/mol. The molecule has 0 bridgehead atoms. The van der Waals surface area contributed by atoms with E-state index in [4.69, 9.17) is 5.26 Å². The van der Waals surface area contributed by atoms with Crippen LogP contribution in [0.15, 0.2) is 24.4 Å². The molecule has 2 nitrogen and oxygen atoms in total. The molecule has 0 saturated carbocycles. The van der Waals surface area contributed by atoms with Gasteiger partial charge < -0.3 is 0 Å². The van der Waals surface area contributed by atoms with Crippen molar-refractivity contribution in [1.82, 2.24) is 4.98 Å². The van der Waals surface area contributed by atoms with Crippen LogP contribution in [0.25, 0.3) is 10.9 Å². The Balaban J connectivity index is 2.84. The summed E-state index contributed by atoms with van der Waals surface area (Å²) in [6.07, 6.45) is 1.61. The first-order valence-electron chi connectivity index (χ1n) is 4.48. The number of fused-ring (bicyclic) bond motifs is 1. The highest BCUT2D eigenvalue weighted by Crippen LogP contribution is 2.19. The Labute approximate surface area is 82.8 Å². The van der Waals surface area contributed by atoms with Gasteiger partial charge in [0.05, 0.1) is 11.1 Å². The normalized spacial score (nSPS) is 10.1. The summed E-state index contributed by atoms with van der Waals surface area (Å²) in [7, 11) is 0. The Morgan fingerprint density at radius 2 is 2.00 bits per heavy atom. The second kappa shape index (κ2) is 3.12. The SMILES string of the molecule is Cc1cc(C)c2cc(C#N)cnc2c1. The van der Waals surface area contributed by atoms with Crippen LogP contribution in [0.5, 0.6) is 0 Å². The van der Waals surface area contributed by atoms with Crippen LogP contribution in [0.4, 0.5) is 0 Å². The van der Waals surface area contributed by atoms with Crippen LogP contribution in [-0.2, 0) is 0 Å². The van der Waals surface area contributed by atoms with E-state index in [9.17, 15) is 0 Å². The van der Waals surface area contributed by atoms with Crippen molar-refractivity contribution in [3.05, 3.63) is 41.1 Å². The molecule has 2 aromatic rings. The Morgan fingerprint density at radius 1 is 1.21 bits per heavy atom. The molecule has 0 spiro atoms. The maximum atomic E-state index is 8.75. The van der Waals surface area contributed by atoms with Gasteiger partial charge in [-0.2, -0.15) is 5.26 Å². The van der Waals surface area contributed by atoms with Gasteiger partial charge >= 0.3 is 0 Å². The lowest BCUT2D eigenvalue weighted by molar-refractivity contribution is 1.33. The number of aryl methyl sites for hydroxylation is 2. The maximum absolute atomic E-state index is 8.75. The summed E-state index contributed by atoms with van der Waals surface area (Å²) in [6, 6.07) is 8.12. The Hall–Kier alpha value is -1.88. The molecular formula is C12H10N2. The van der Waals surface area contributed by atoms with Crippen molar-refractivity contribution in [3.8, 4) is 6.07 Å². The fourth-order valence-corrected chi connectivity index (χ4v) is 1.64. The van der Waals surface area contributed by atoms with Crippen LogP contribution in [0.2, 0.25) is 0 Å². The van der Waals surface area contributed by atoms with Gasteiger partial charge in [-0.3, -0.25) is 4.98 Å². The van der Waals surface area contributed by atoms with Gasteiger partial charge in [0.1, 0.15) is 6.07 Å². The Morgan fingerprint density at radius 3 is 2.71 bits per heavy atom. The molecule has 0 aliphatic heterocycles.